The molecule has 9 nitrogen and oxygen atoms in total. The van der Waals surface area contributed by atoms with E-state index in [0.717, 1.165) is 5.76 Å². The zero-order valence-corrected chi connectivity index (χ0v) is 15.6. The van der Waals surface area contributed by atoms with Crippen LogP contribution in [0.3, 0.4) is 0 Å². The maximum absolute atomic E-state index is 12.3. The van der Waals surface area contributed by atoms with Crippen LogP contribution in [0.15, 0.2) is 51.1 Å². The Morgan fingerprint density at radius 2 is 2.11 bits per heavy atom. The first kappa shape index (κ1) is 18.5. The fourth-order valence-corrected chi connectivity index (χ4v) is 2.87. The summed E-state index contributed by atoms with van der Waals surface area (Å²) < 4.78 is 11.7. The number of ketones is 1. The molecule has 140 valence electrons. The number of thioether (sulfide) groups is 1. The fourth-order valence-electron chi connectivity index (χ4n) is 2.12. The van der Waals surface area contributed by atoms with Crippen molar-refractivity contribution in [1.82, 2.24) is 14.9 Å². The Balaban J connectivity index is 1.56. The molecule has 0 aliphatic heterocycles. The number of carbonyl (C=O) groups is 1. The molecule has 0 bridgehead atoms. The summed E-state index contributed by atoms with van der Waals surface area (Å²) in [5, 5.41) is 12.3. The molecule has 0 saturated carbocycles. The lowest BCUT2D eigenvalue weighted by Crippen LogP contribution is -2.14. The highest BCUT2D eigenvalue weighted by atomic mass is 32.2. The van der Waals surface area contributed by atoms with E-state index >= 15 is 0 Å². The Morgan fingerprint density at radius 1 is 1.33 bits per heavy atom. The Labute approximate surface area is 159 Å². The topological polar surface area (TPSA) is 121 Å². The lowest BCUT2D eigenvalue weighted by molar-refractivity contribution is 0.102. The smallest absolute Gasteiger partial charge is 0.264 e. The number of Topliss-reactive ketones (excluding diaryl/α,β-unsaturated/α-hetero) is 1. The summed E-state index contributed by atoms with van der Waals surface area (Å²) >= 11 is 1.19. The molecule has 0 amide bonds. The molecule has 0 aliphatic rings. The van der Waals surface area contributed by atoms with Gasteiger partial charge in [0.25, 0.3) is 5.95 Å². The van der Waals surface area contributed by atoms with Gasteiger partial charge in [0.2, 0.25) is 5.16 Å². The molecule has 0 fully saturated rings. The molecule has 1 aromatic carbocycles. The number of methoxy groups -OCH3 is 1. The van der Waals surface area contributed by atoms with E-state index in [0.29, 0.717) is 22.2 Å². The molecular formula is C17H18N6O3S. The number of aromatic nitrogens is 3. The van der Waals surface area contributed by atoms with Crippen molar-refractivity contribution in [3.63, 3.8) is 0 Å². The van der Waals surface area contributed by atoms with Crippen molar-refractivity contribution in [1.29, 1.82) is 0 Å². The molecule has 2 heterocycles. The van der Waals surface area contributed by atoms with Crippen molar-refractivity contribution < 1.29 is 13.9 Å². The van der Waals surface area contributed by atoms with E-state index in [2.05, 4.69) is 20.7 Å². The van der Waals surface area contributed by atoms with Gasteiger partial charge in [-0.15, -0.1) is 10.2 Å². The minimum absolute atomic E-state index is 0.0497. The van der Waals surface area contributed by atoms with Gasteiger partial charge in [0.05, 0.1) is 19.1 Å². The predicted molar refractivity (Wildman–Crippen MR) is 103 cm³/mol. The van der Waals surface area contributed by atoms with E-state index in [1.807, 2.05) is 13.0 Å². The first-order valence-corrected chi connectivity index (χ1v) is 8.91. The van der Waals surface area contributed by atoms with E-state index < -0.39 is 0 Å². The third kappa shape index (κ3) is 4.67. The molecule has 0 spiro atoms. The summed E-state index contributed by atoms with van der Waals surface area (Å²) in [5.41, 5.74) is 3.27. The normalized spacial score (nSPS) is 11.0. The van der Waals surface area contributed by atoms with Gasteiger partial charge in [-0.05, 0) is 43.3 Å². The van der Waals surface area contributed by atoms with Crippen LogP contribution in [0.4, 0.5) is 5.95 Å². The molecule has 0 atom stereocenters. The van der Waals surface area contributed by atoms with Gasteiger partial charge >= 0.3 is 0 Å². The van der Waals surface area contributed by atoms with Crippen molar-refractivity contribution in [2.24, 2.45) is 5.10 Å². The van der Waals surface area contributed by atoms with Gasteiger partial charge < -0.3 is 15.0 Å². The van der Waals surface area contributed by atoms with Crippen molar-refractivity contribution >= 4 is 29.7 Å². The van der Waals surface area contributed by atoms with Crippen molar-refractivity contribution in [2.45, 2.75) is 12.1 Å². The summed E-state index contributed by atoms with van der Waals surface area (Å²) in [4.78, 5) is 12.3. The van der Waals surface area contributed by atoms with Gasteiger partial charge in [-0.25, -0.2) is 10.1 Å². The van der Waals surface area contributed by atoms with Crippen LogP contribution >= 0.6 is 11.8 Å². The number of aryl methyl sites for hydroxylation is 1. The van der Waals surface area contributed by atoms with Crippen LogP contribution in [0.1, 0.15) is 21.9 Å². The Morgan fingerprint density at radius 3 is 2.78 bits per heavy atom. The summed E-state index contributed by atoms with van der Waals surface area (Å²) in [6.45, 7) is 1.85. The highest BCUT2D eigenvalue weighted by molar-refractivity contribution is 7.99. The molecular weight excluding hydrogens is 368 g/mol. The van der Waals surface area contributed by atoms with Crippen LogP contribution in [0.2, 0.25) is 0 Å². The lowest BCUT2D eigenvalue weighted by atomic mass is 10.1. The van der Waals surface area contributed by atoms with Gasteiger partial charge in [0, 0.05) is 5.56 Å². The number of rotatable bonds is 8. The van der Waals surface area contributed by atoms with Crippen LogP contribution in [0, 0.1) is 6.92 Å². The number of hydrogen-bond donors (Lipinski definition) is 2. The highest BCUT2D eigenvalue weighted by Gasteiger charge is 2.13. The maximum Gasteiger partial charge on any atom is 0.264 e. The number of hydrogen-bond acceptors (Lipinski definition) is 9. The van der Waals surface area contributed by atoms with Crippen molar-refractivity contribution in [3.8, 4) is 5.75 Å². The largest absolute Gasteiger partial charge is 0.497 e. The van der Waals surface area contributed by atoms with Crippen LogP contribution in [0.5, 0.6) is 5.75 Å². The minimum Gasteiger partial charge on any atom is -0.497 e. The monoisotopic (exact) mass is 386 g/mol. The second-order valence-corrected chi connectivity index (χ2v) is 6.38. The molecule has 3 N–H and O–H groups in total. The number of nitrogens with zero attached hydrogens (tertiary/aromatic N) is 4. The summed E-state index contributed by atoms with van der Waals surface area (Å²) in [6, 6.07) is 10.5. The number of anilines is 1. The Bertz CT molecular complexity index is 948. The number of hydrazone groups is 1. The zero-order valence-electron chi connectivity index (χ0n) is 14.7. The standard InChI is InChI=1S/C17H18N6O3S/c1-11-3-6-14(26-11)9-19-20-16-21-22-17(23(16)18)27-10-15(24)12-4-7-13(25-2)8-5-12/h3-9H,10,18H2,1-2H3,(H,20,21)/b19-9+. The SMILES string of the molecule is COc1ccc(C(=O)CSc2nnc(N/N=C/c3ccc(C)o3)n2N)cc1. The molecule has 0 saturated heterocycles. The van der Waals surface area contributed by atoms with Gasteiger partial charge in [-0.3, -0.25) is 4.79 Å². The van der Waals surface area contributed by atoms with E-state index in [-0.39, 0.29) is 17.5 Å². The van der Waals surface area contributed by atoms with Gasteiger partial charge in [0.1, 0.15) is 17.3 Å². The fraction of sp³-hybridized carbons (Fsp3) is 0.176. The second-order valence-electron chi connectivity index (χ2n) is 5.43. The number of furan rings is 1. The number of carbonyl (C=O) groups excluding carboxylic acids is 1. The number of nitrogen functional groups attached to an aromatic ring is 1. The highest BCUT2D eigenvalue weighted by Crippen LogP contribution is 2.19. The third-order valence-electron chi connectivity index (χ3n) is 3.53. The summed E-state index contributed by atoms with van der Waals surface area (Å²) in [5.74, 6) is 8.39. The van der Waals surface area contributed by atoms with Crippen molar-refractivity contribution in [3.05, 3.63) is 53.5 Å². The van der Waals surface area contributed by atoms with E-state index in [1.54, 1.807) is 37.4 Å². The first-order chi connectivity index (χ1) is 13.1. The number of nitrogens with two attached hydrogens (primary N) is 1. The zero-order chi connectivity index (χ0) is 19.2. The average molecular weight is 386 g/mol. The van der Waals surface area contributed by atoms with Crippen LogP contribution in [0.25, 0.3) is 0 Å². The van der Waals surface area contributed by atoms with Crippen LogP contribution < -0.4 is 16.0 Å². The van der Waals surface area contributed by atoms with Crippen molar-refractivity contribution in [2.75, 3.05) is 24.1 Å². The molecule has 0 radical (unpaired) electrons. The molecule has 2 aromatic heterocycles. The number of benzene rings is 1. The first-order valence-electron chi connectivity index (χ1n) is 7.93. The third-order valence-corrected chi connectivity index (χ3v) is 4.47. The Kier molecular flexibility index (Phi) is 5.77. The van der Waals surface area contributed by atoms with E-state index in [9.17, 15) is 4.79 Å². The molecule has 0 unspecified atom stereocenters. The molecule has 27 heavy (non-hydrogen) atoms. The quantitative estimate of drug-likeness (QED) is 0.199. The Hall–Kier alpha value is -3.27. The minimum atomic E-state index is -0.0497. The van der Waals surface area contributed by atoms with E-state index in [1.165, 1.54) is 22.7 Å². The summed E-state index contributed by atoms with van der Waals surface area (Å²) in [6.07, 6.45) is 1.50. The molecule has 10 heteroatoms. The van der Waals surface area contributed by atoms with E-state index in [4.69, 9.17) is 15.0 Å². The van der Waals surface area contributed by atoms with Crippen LogP contribution in [-0.2, 0) is 0 Å². The van der Waals surface area contributed by atoms with Crippen LogP contribution in [-0.4, -0.2) is 39.7 Å². The van der Waals surface area contributed by atoms with Gasteiger partial charge in [-0.1, -0.05) is 11.8 Å². The molecule has 0 aliphatic carbocycles. The molecule has 3 aromatic rings. The number of ether oxygens (including phenoxy) is 1. The lowest BCUT2D eigenvalue weighted by Gasteiger charge is -2.04. The predicted octanol–water partition coefficient (Wildman–Crippen LogP) is 2.32. The average Bonchev–Trinajstić information content (AvgIpc) is 3.26. The van der Waals surface area contributed by atoms with Gasteiger partial charge in [-0.2, -0.15) is 5.10 Å². The molecule has 3 rings (SSSR count). The summed E-state index contributed by atoms with van der Waals surface area (Å²) in [7, 11) is 1.58. The van der Waals surface area contributed by atoms with Gasteiger partial charge in [0.15, 0.2) is 5.78 Å². The number of nitrogens with one attached hydrogen (secondary N) is 1. The second kappa shape index (κ2) is 8.41. The maximum atomic E-state index is 12.3.